The van der Waals surface area contributed by atoms with Crippen molar-refractivity contribution >= 4 is 24.0 Å². The molecule has 6 rings (SSSR count). The Labute approximate surface area is 207 Å². The number of hydrogen-bond donors (Lipinski definition) is 0. The summed E-state index contributed by atoms with van der Waals surface area (Å²) in [5.41, 5.74) is 8.72. The van der Waals surface area contributed by atoms with E-state index in [0.29, 0.717) is 0 Å². The molecular weight excluding hydrogens is 426 g/mol. The smallest absolute Gasteiger partial charge is 0.200 e. The van der Waals surface area contributed by atoms with E-state index in [-0.39, 0.29) is 0 Å². The van der Waals surface area contributed by atoms with Gasteiger partial charge in [0.25, 0.3) is 0 Å². The Kier molecular flexibility index (Phi) is 5.71. The van der Waals surface area contributed by atoms with Gasteiger partial charge in [0.1, 0.15) is 7.05 Å². The maximum absolute atomic E-state index is 2.64. The first-order valence-electron chi connectivity index (χ1n) is 14.0. The summed E-state index contributed by atoms with van der Waals surface area (Å²) in [4.78, 5) is 0. The van der Waals surface area contributed by atoms with Gasteiger partial charge in [0.05, 0.1) is 19.0 Å². The van der Waals surface area contributed by atoms with E-state index in [1.165, 1.54) is 91.8 Å². The van der Waals surface area contributed by atoms with Crippen molar-refractivity contribution in [2.24, 2.45) is 7.05 Å². The van der Waals surface area contributed by atoms with Gasteiger partial charge in [-0.1, -0.05) is 75.0 Å². The van der Waals surface area contributed by atoms with Crippen LogP contribution in [0.15, 0.2) is 42.6 Å². The van der Waals surface area contributed by atoms with Crippen LogP contribution < -0.4 is 9.75 Å². The molecule has 0 atom stereocenters. The van der Waals surface area contributed by atoms with Gasteiger partial charge < -0.3 is 0 Å². The van der Waals surface area contributed by atoms with Crippen LogP contribution >= 0.6 is 0 Å². The fourth-order valence-corrected chi connectivity index (χ4v) is 10.4. The van der Waals surface area contributed by atoms with Gasteiger partial charge in [0, 0.05) is 6.07 Å². The highest BCUT2D eigenvalue weighted by molar-refractivity contribution is 6.91. The van der Waals surface area contributed by atoms with Crippen LogP contribution in [0.1, 0.15) is 92.7 Å². The molecule has 2 heteroatoms. The van der Waals surface area contributed by atoms with Crippen molar-refractivity contribution < 1.29 is 4.57 Å². The second-order valence-corrected chi connectivity index (χ2v) is 17.2. The van der Waals surface area contributed by atoms with E-state index in [0.717, 1.165) is 17.4 Å². The lowest BCUT2D eigenvalue weighted by Crippen LogP contribution is -2.41. The van der Waals surface area contributed by atoms with Gasteiger partial charge in [-0.25, -0.2) is 4.57 Å². The third-order valence-corrected chi connectivity index (χ3v) is 14.2. The van der Waals surface area contributed by atoms with E-state index in [4.69, 9.17) is 0 Å². The largest absolute Gasteiger partial charge is 0.220 e. The normalized spacial score (nSPS) is 20.0. The molecule has 34 heavy (non-hydrogen) atoms. The molecule has 2 aromatic carbocycles. The second-order valence-electron chi connectivity index (χ2n) is 12.3. The SMILES string of the molecule is Cc1c(-c2c3ccc([Si](C)(C)C4CC4)cc3cc[n+]2C)cc(C2CCCC2)cc1C1CCCC1. The Hall–Kier alpha value is -1.93. The van der Waals surface area contributed by atoms with Crippen molar-refractivity contribution in [1.29, 1.82) is 0 Å². The Balaban J connectivity index is 1.53. The first-order valence-corrected chi connectivity index (χ1v) is 17.1. The van der Waals surface area contributed by atoms with Crippen LogP contribution in [0.5, 0.6) is 0 Å². The van der Waals surface area contributed by atoms with E-state index in [2.05, 4.69) is 74.2 Å². The summed E-state index contributed by atoms with van der Waals surface area (Å²) in [5.74, 6) is 1.52. The number of pyridine rings is 1. The summed E-state index contributed by atoms with van der Waals surface area (Å²) in [6.07, 6.45) is 16.3. The summed E-state index contributed by atoms with van der Waals surface area (Å²) in [7, 11) is 0.908. The third-order valence-electron chi connectivity index (χ3n) is 9.83. The number of rotatable bonds is 5. The first kappa shape index (κ1) is 22.5. The zero-order valence-corrected chi connectivity index (χ0v) is 22.8. The van der Waals surface area contributed by atoms with Crippen molar-refractivity contribution in [2.45, 2.75) is 102 Å². The maximum atomic E-state index is 2.64. The summed E-state index contributed by atoms with van der Waals surface area (Å²) < 4.78 is 2.39. The third kappa shape index (κ3) is 3.87. The first-order chi connectivity index (χ1) is 16.4. The summed E-state index contributed by atoms with van der Waals surface area (Å²) in [6.45, 7) is 7.58. The molecule has 0 spiro atoms. The van der Waals surface area contributed by atoms with Crippen LogP contribution in [0.3, 0.4) is 0 Å². The molecule has 178 valence electrons. The van der Waals surface area contributed by atoms with Gasteiger partial charge in [-0.05, 0) is 84.2 Å². The molecular formula is C32H42NSi+. The number of aromatic nitrogens is 1. The average molecular weight is 469 g/mol. The van der Waals surface area contributed by atoms with E-state index in [1.807, 2.05) is 0 Å². The quantitative estimate of drug-likeness (QED) is 0.263. The van der Waals surface area contributed by atoms with E-state index in [9.17, 15) is 0 Å². The van der Waals surface area contributed by atoms with Crippen LogP contribution in [0.25, 0.3) is 22.0 Å². The van der Waals surface area contributed by atoms with E-state index >= 15 is 0 Å². The predicted molar refractivity (Wildman–Crippen MR) is 148 cm³/mol. The Morgan fingerprint density at radius 2 is 1.47 bits per heavy atom. The van der Waals surface area contributed by atoms with E-state index in [1.54, 1.807) is 16.3 Å². The van der Waals surface area contributed by atoms with Gasteiger partial charge in [-0.3, -0.25) is 0 Å². The fraction of sp³-hybridized carbons (Fsp3) is 0.531. The van der Waals surface area contributed by atoms with Gasteiger partial charge >= 0.3 is 0 Å². The Bertz CT molecular complexity index is 1220. The summed E-state index contributed by atoms with van der Waals surface area (Å²) >= 11 is 0. The topological polar surface area (TPSA) is 3.88 Å². The maximum Gasteiger partial charge on any atom is 0.220 e. The van der Waals surface area contributed by atoms with Gasteiger partial charge in [-0.15, -0.1) is 0 Å². The van der Waals surface area contributed by atoms with Crippen LogP contribution in [0, 0.1) is 6.92 Å². The molecule has 1 nitrogen and oxygen atoms in total. The number of fused-ring (bicyclic) bond motifs is 1. The van der Waals surface area contributed by atoms with Gasteiger partial charge in [-0.2, -0.15) is 0 Å². The number of hydrogen-bond acceptors (Lipinski definition) is 0. The molecule has 3 saturated carbocycles. The zero-order chi connectivity index (χ0) is 23.4. The summed E-state index contributed by atoms with van der Waals surface area (Å²) in [5, 5.41) is 4.50. The lowest BCUT2D eigenvalue weighted by Gasteiger charge is -2.23. The van der Waals surface area contributed by atoms with Crippen molar-refractivity contribution in [3.8, 4) is 11.3 Å². The molecule has 3 aliphatic rings. The van der Waals surface area contributed by atoms with Crippen LogP contribution in [-0.4, -0.2) is 8.07 Å². The summed E-state index contributed by atoms with van der Waals surface area (Å²) in [6, 6.07) is 15.1. The highest BCUT2D eigenvalue weighted by Gasteiger charge is 2.41. The molecule has 0 unspecified atom stereocenters. The molecule has 3 aliphatic carbocycles. The van der Waals surface area contributed by atoms with E-state index < -0.39 is 8.07 Å². The molecule has 0 aliphatic heterocycles. The van der Waals surface area contributed by atoms with Crippen LogP contribution in [0.2, 0.25) is 18.6 Å². The minimum Gasteiger partial charge on any atom is -0.200 e. The minimum atomic E-state index is -1.34. The molecule has 3 aromatic rings. The molecule has 0 saturated heterocycles. The standard InChI is InChI=1S/C32H42NSi/c1-22-30(24-11-7-8-12-24)20-26(23-9-5-6-10-23)21-31(22)32-29-16-15-28(34(3,4)27-13-14-27)19-25(29)17-18-33(32)2/h15-21,23-24,27H,5-14H2,1-4H3/q+1. The van der Waals surface area contributed by atoms with Crippen molar-refractivity contribution in [1.82, 2.24) is 0 Å². The van der Waals surface area contributed by atoms with Crippen molar-refractivity contribution in [3.63, 3.8) is 0 Å². The zero-order valence-electron chi connectivity index (χ0n) is 21.8. The molecule has 0 N–H and O–H groups in total. The van der Waals surface area contributed by atoms with Crippen LogP contribution in [0.4, 0.5) is 0 Å². The molecule has 0 radical (unpaired) electrons. The highest BCUT2D eigenvalue weighted by atomic mass is 28.3. The number of nitrogens with zero attached hydrogens (tertiary/aromatic N) is 1. The lowest BCUT2D eigenvalue weighted by atomic mass is 9.84. The minimum absolute atomic E-state index is 0.761. The monoisotopic (exact) mass is 468 g/mol. The second kappa shape index (κ2) is 8.62. The van der Waals surface area contributed by atoms with Gasteiger partial charge in [0.2, 0.25) is 5.69 Å². The van der Waals surface area contributed by atoms with Crippen LogP contribution in [-0.2, 0) is 7.05 Å². The molecule has 1 aromatic heterocycles. The number of aryl methyl sites for hydroxylation is 1. The lowest BCUT2D eigenvalue weighted by molar-refractivity contribution is -0.659. The predicted octanol–water partition coefficient (Wildman–Crippen LogP) is 8.03. The van der Waals surface area contributed by atoms with Gasteiger partial charge in [0.15, 0.2) is 6.20 Å². The average Bonchev–Trinajstić information content (AvgIpc) is 3.31. The molecule has 0 bridgehead atoms. The molecule has 0 amide bonds. The highest BCUT2D eigenvalue weighted by Crippen LogP contribution is 2.46. The fourth-order valence-electron chi connectivity index (χ4n) is 7.31. The Morgan fingerprint density at radius 3 is 2.15 bits per heavy atom. The molecule has 1 heterocycles. The number of benzene rings is 2. The Morgan fingerprint density at radius 1 is 0.794 bits per heavy atom. The van der Waals surface area contributed by atoms with Crippen molar-refractivity contribution in [2.75, 3.05) is 0 Å². The van der Waals surface area contributed by atoms with Crippen molar-refractivity contribution in [3.05, 3.63) is 59.3 Å². The molecule has 3 fully saturated rings.